The zero-order chi connectivity index (χ0) is 19.2. The molecule has 6 heteroatoms. The molecule has 1 N–H and O–H groups in total. The maximum atomic E-state index is 5.67. The van der Waals surface area contributed by atoms with Gasteiger partial charge in [0.25, 0.3) is 0 Å². The molecule has 0 amide bonds. The van der Waals surface area contributed by atoms with Crippen LogP contribution in [0.1, 0.15) is 31.2 Å². The SMILES string of the molecule is CCNC(=NCc1nccn1CCc1ccccc1)N1CCC2(CCOC2)C1. The molecule has 6 nitrogen and oxygen atoms in total. The van der Waals surface area contributed by atoms with E-state index in [0.717, 1.165) is 57.6 Å². The first-order chi connectivity index (χ1) is 13.8. The lowest BCUT2D eigenvalue weighted by molar-refractivity contribution is 0.156. The number of guanidine groups is 1. The lowest BCUT2D eigenvalue weighted by Gasteiger charge is -2.25. The van der Waals surface area contributed by atoms with Crippen molar-refractivity contribution in [1.82, 2.24) is 19.8 Å². The van der Waals surface area contributed by atoms with E-state index in [0.29, 0.717) is 12.0 Å². The van der Waals surface area contributed by atoms with Gasteiger partial charge in [0.05, 0.1) is 6.61 Å². The third kappa shape index (κ3) is 4.38. The van der Waals surface area contributed by atoms with Gasteiger partial charge in [0, 0.05) is 50.6 Å². The molecule has 1 spiro atoms. The zero-order valence-corrected chi connectivity index (χ0v) is 16.8. The van der Waals surface area contributed by atoms with Crippen molar-refractivity contribution in [1.29, 1.82) is 0 Å². The minimum atomic E-state index is 0.338. The van der Waals surface area contributed by atoms with E-state index in [1.165, 1.54) is 18.4 Å². The van der Waals surface area contributed by atoms with Gasteiger partial charge in [-0.25, -0.2) is 9.98 Å². The highest BCUT2D eigenvalue weighted by Crippen LogP contribution is 2.38. The maximum Gasteiger partial charge on any atom is 0.194 e. The summed E-state index contributed by atoms with van der Waals surface area (Å²) in [5.41, 5.74) is 1.68. The Morgan fingerprint density at radius 1 is 1.29 bits per heavy atom. The highest BCUT2D eigenvalue weighted by Gasteiger charge is 2.42. The molecule has 0 saturated carbocycles. The van der Waals surface area contributed by atoms with Crippen molar-refractivity contribution in [2.45, 2.75) is 39.3 Å². The second-order valence-corrected chi connectivity index (χ2v) is 7.92. The van der Waals surface area contributed by atoms with Gasteiger partial charge < -0.3 is 19.5 Å². The lowest BCUT2D eigenvalue weighted by atomic mass is 9.87. The van der Waals surface area contributed by atoms with E-state index in [-0.39, 0.29) is 0 Å². The van der Waals surface area contributed by atoms with Crippen LogP contribution in [0.2, 0.25) is 0 Å². The smallest absolute Gasteiger partial charge is 0.194 e. The number of likely N-dealkylation sites (tertiary alicyclic amines) is 1. The van der Waals surface area contributed by atoms with Gasteiger partial charge in [0.1, 0.15) is 12.4 Å². The summed E-state index contributed by atoms with van der Waals surface area (Å²) in [5.74, 6) is 2.02. The fraction of sp³-hybridized carbons (Fsp3) is 0.545. The number of ether oxygens (including phenoxy) is 1. The minimum Gasteiger partial charge on any atom is -0.381 e. The van der Waals surface area contributed by atoms with Gasteiger partial charge in [-0.15, -0.1) is 0 Å². The number of aliphatic imine (C=N–C) groups is 1. The van der Waals surface area contributed by atoms with Crippen LogP contribution in [0, 0.1) is 5.41 Å². The van der Waals surface area contributed by atoms with Crippen molar-refractivity contribution in [3.63, 3.8) is 0 Å². The quantitative estimate of drug-likeness (QED) is 0.617. The van der Waals surface area contributed by atoms with Gasteiger partial charge in [-0.1, -0.05) is 30.3 Å². The minimum absolute atomic E-state index is 0.338. The Labute approximate surface area is 167 Å². The van der Waals surface area contributed by atoms with Gasteiger partial charge in [-0.3, -0.25) is 0 Å². The van der Waals surface area contributed by atoms with Crippen molar-refractivity contribution in [3.05, 3.63) is 54.1 Å². The van der Waals surface area contributed by atoms with Crippen LogP contribution in [0.3, 0.4) is 0 Å². The Morgan fingerprint density at radius 3 is 2.96 bits per heavy atom. The van der Waals surface area contributed by atoms with Gasteiger partial charge >= 0.3 is 0 Å². The van der Waals surface area contributed by atoms with Gasteiger partial charge in [0.15, 0.2) is 5.96 Å². The Bertz CT molecular complexity index is 779. The maximum absolute atomic E-state index is 5.67. The molecule has 28 heavy (non-hydrogen) atoms. The Kier molecular flexibility index (Phi) is 5.95. The number of hydrogen-bond acceptors (Lipinski definition) is 3. The van der Waals surface area contributed by atoms with Crippen molar-refractivity contribution < 1.29 is 4.74 Å². The fourth-order valence-corrected chi connectivity index (χ4v) is 4.25. The highest BCUT2D eigenvalue weighted by atomic mass is 16.5. The molecule has 1 atom stereocenters. The first-order valence-corrected chi connectivity index (χ1v) is 10.4. The number of nitrogens with one attached hydrogen (secondary N) is 1. The van der Waals surface area contributed by atoms with Gasteiger partial charge in [-0.2, -0.15) is 0 Å². The molecule has 3 heterocycles. The molecule has 2 saturated heterocycles. The third-order valence-corrected chi connectivity index (χ3v) is 5.91. The van der Waals surface area contributed by atoms with E-state index < -0.39 is 0 Å². The summed E-state index contributed by atoms with van der Waals surface area (Å²) in [4.78, 5) is 11.9. The zero-order valence-electron chi connectivity index (χ0n) is 16.8. The van der Waals surface area contributed by atoms with Crippen LogP contribution < -0.4 is 5.32 Å². The summed E-state index contributed by atoms with van der Waals surface area (Å²) >= 11 is 0. The van der Waals surface area contributed by atoms with E-state index >= 15 is 0 Å². The Hall–Kier alpha value is -2.34. The number of aromatic nitrogens is 2. The standard InChI is InChI=1S/C22H31N5O/c1-2-23-21(27-13-9-22(17-27)10-15-28-18-22)25-16-20-24-11-14-26(20)12-8-19-6-4-3-5-7-19/h3-7,11,14H,2,8-10,12-13,15-18H2,1H3,(H,23,25). The molecule has 1 aromatic carbocycles. The number of aryl methyl sites for hydroxylation is 2. The van der Waals surface area contributed by atoms with E-state index in [4.69, 9.17) is 9.73 Å². The molecule has 1 unspecified atom stereocenters. The molecular weight excluding hydrogens is 350 g/mol. The predicted octanol–water partition coefficient (Wildman–Crippen LogP) is 2.70. The van der Waals surface area contributed by atoms with Gasteiger partial charge in [-0.05, 0) is 31.7 Å². The van der Waals surface area contributed by atoms with E-state index in [1.54, 1.807) is 0 Å². The summed E-state index contributed by atoms with van der Waals surface area (Å²) in [6, 6.07) is 10.6. The van der Waals surface area contributed by atoms with Crippen LogP contribution in [0.25, 0.3) is 0 Å². The normalized spacial score (nSPS) is 22.3. The number of benzene rings is 1. The summed E-state index contributed by atoms with van der Waals surface area (Å²) in [7, 11) is 0. The molecule has 2 aliphatic rings. The number of rotatable bonds is 6. The van der Waals surface area contributed by atoms with Crippen molar-refractivity contribution in [2.75, 3.05) is 32.8 Å². The predicted molar refractivity (Wildman–Crippen MR) is 111 cm³/mol. The monoisotopic (exact) mass is 381 g/mol. The van der Waals surface area contributed by atoms with Crippen molar-refractivity contribution in [3.8, 4) is 0 Å². The van der Waals surface area contributed by atoms with Crippen molar-refractivity contribution in [2.24, 2.45) is 10.4 Å². The summed E-state index contributed by atoms with van der Waals surface area (Å²) in [5, 5.41) is 3.47. The van der Waals surface area contributed by atoms with E-state index in [9.17, 15) is 0 Å². The highest BCUT2D eigenvalue weighted by molar-refractivity contribution is 5.80. The second-order valence-electron chi connectivity index (χ2n) is 7.92. The van der Waals surface area contributed by atoms with E-state index in [2.05, 4.69) is 63.2 Å². The van der Waals surface area contributed by atoms with Crippen LogP contribution in [0.4, 0.5) is 0 Å². The van der Waals surface area contributed by atoms with Gasteiger partial charge in [0.2, 0.25) is 0 Å². The topological polar surface area (TPSA) is 54.7 Å². The molecule has 0 aliphatic carbocycles. The molecule has 2 aromatic rings. The molecule has 0 radical (unpaired) electrons. The molecule has 4 rings (SSSR count). The molecule has 150 valence electrons. The second kappa shape index (κ2) is 8.78. The average Bonchev–Trinajstić information content (AvgIpc) is 3.47. The lowest BCUT2D eigenvalue weighted by Crippen LogP contribution is -2.41. The largest absolute Gasteiger partial charge is 0.381 e. The summed E-state index contributed by atoms with van der Waals surface area (Å²) in [6.07, 6.45) is 7.31. The van der Waals surface area contributed by atoms with Crippen LogP contribution in [0.5, 0.6) is 0 Å². The molecule has 2 fully saturated rings. The van der Waals surface area contributed by atoms with Crippen LogP contribution in [-0.4, -0.2) is 53.3 Å². The molecular formula is C22H31N5O. The molecule has 0 bridgehead atoms. The van der Waals surface area contributed by atoms with Crippen LogP contribution in [0.15, 0.2) is 47.7 Å². The third-order valence-electron chi connectivity index (χ3n) is 5.91. The Morgan fingerprint density at radius 2 is 2.18 bits per heavy atom. The van der Waals surface area contributed by atoms with Crippen LogP contribution in [-0.2, 0) is 24.2 Å². The summed E-state index contributed by atoms with van der Waals surface area (Å²) in [6.45, 7) is 8.42. The fourth-order valence-electron chi connectivity index (χ4n) is 4.25. The first-order valence-electron chi connectivity index (χ1n) is 10.4. The average molecular weight is 382 g/mol. The number of hydrogen-bond donors (Lipinski definition) is 1. The number of nitrogens with zero attached hydrogens (tertiary/aromatic N) is 4. The molecule has 1 aromatic heterocycles. The molecule has 2 aliphatic heterocycles. The van der Waals surface area contributed by atoms with Crippen LogP contribution >= 0.6 is 0 Å². The first kappa shape index (κ1) is 19.0. The Balaban J connectivity index is 1.39. The van der Waals surface area contributed by atoms with E-state index in [1.807, 2.05) is 6.20 Å². The summed E-state index contributed by atoms with van der Waals surface area (Å²) < 4.78 is 7.89. The van der Waals surface area contributed by atoms with Crippen molar-refractivity contribution >= 4 is 5.96 Å². The number of imidazole rings is 1.